The van der Waals surface area contributed by atoms with Gasteiger partial charge in [0.05, 0.1) is 0 Å². The van der Waals surface area contributed by atoms with E-state index in [1.54, 1.807) is 0 Å². The minimum absolute atomic E-state index is 0.180. The summed E-state index contributed by atoms with van der Waals surface area (Å²) in [7, 11) is 0. The molecule has 0 N–H and O–H groups in total. The third kappa shape index (κ3) is 4.23. The first kappa shape index (κ1) is 20.0. The van der Waals surface area contributed by atoms with Gasteiger partial charge in [-0.2, -0.15) is 0 Å². The van der Waals surface area contributed by atoms with Crippen molar-refractivity contribution in [3.8, 4) is 11.5 Å². The number of carbonyl (C=O) groups excluding carboxylic acids is 1. The van der Waals surface area contributed by atoms with E-state index in [2.05, 4.69) is 45.9 Å². The number of fused-ring (bicyclic) bond motifs is 3. The van der Waals surface area contributed by atoms with Crippen LogP contribution in [0.2, 0.25) is 0 Å². The molecule has 3 rings (SSSR count). The summed E-state index contributed by atoms with van der Waals surface area (Å²) in [6.45, 7) is 10.7. The van der Waals surface area contributed by atoms with Crippen LogP contribution < -0.4 is 9.47 Å². The number of allylic oxidation sites excluding steroid dienone is 2. The summed E-state index contributed by atoms with van der Waals surface area (Å²) >= 11 is 0. The first-order valence-corrected chi connectivity index (χ1v) is 10.6. The van der Waals surface area contributed by atoms with E-state index in [-0.39, 0.29) is 17.5 Å². The van der Waals surface area contributed by atoms with Crippen LogP contribution in [0.5, 0.6) is 11.5 Å². The Hall–Kier alpha value is -1.77. The topological polar surface area (TPSA) is 35.5 Å². The lowest BCUT2D eigenvalue weighted by molar-refractivity contribution is -0.134. The summed E-state index contributed by atoms with van der Waals surface area (Å²) in [5.74, 6) is 2.09. The standard InChI is InChI=1S/C24H34O3/c1-6-8-9-10-17-14-20(26-22(25)7-2)23-18-13-16(3)11-12-19(18)24(4,5)27-21(23)15-17/h13-15,18-19H,6-12H2,1-5H3. The Kier molecular flexibility index (Phi) is 5.98. The Bertz CT molecular complexity index is 729. The molecule has 0 bridgehead atoms. The highest BCUT2D eigenvalue weighted by Crippen LogP contribution is 2.53. The lowest BCUT2D eigenvalue weighted by atomic mass is 9.68. The summed E-state index contributed by atoms with van der Waals surface area (Å²) in [5.41, 5.74) is 3.47. The van der Waals surface area contributed by atoms with Crippen molar-refractivity contribution in [2.45, 2.75) is 91.1 Å². The predicted molar refractivity (Wildman–Crippen MR) is 110 cm³/mol. The van der Waals surface area contributed by atoms with Gasteiger partial charge in [-0.3, -0.25) is 4.79 Å². The maximum atomic E-state index is 12.1. The molecule has 2 aliphatic rings. The van der Waals surface area contributed by atoms with Gasteiger partial charge in [-0.15, -0.1) is 0 Å². The molecule has 0 spiro atoms. The number of carbonyl (C=O) groups is 1. The molecule has 27 heavy (non-hydrogen) atoms. The van der Waals surface area contributed by atoms with Gasteiger partial charge >= 0.3 is 5.97 Å². The molecule has 3 nitrogen and oxygen atoms in total. The minimum Gasteiger partial charge on any atom is -0.487 e. The summed E-state index contributed by atoms with van der Waals surface area (Å²) in [6, 6.07) is 4.27. The molecule has 0 saturated heterocycles. The molecule has 0 saturated carbocycles. The second kappa shape index (κ2) is 8.08. The van der Waals surface area contributed by atoms with Gasteiger partial charge in [0.15, 0.2) is 0 Å². The molecule has 1 aliphatic carbocycles. The first-order chi connectivity index (χ1) is 12.9. The van der Waals surface area contributed by atoms with Crippen molar-refractivity contribution in [2.75, 3.05) is 0 Å². The maximum Gasteiger partial charge on any atom is 0.310 e. The minimum atomic E-state index is -0.219. The average molecular weight is 371 g/mol. The summed E-state index contributed by atoms with van der Waals surface area (Å²) in [4.78, 5) is 12.1. The highest BCUT2D eigenvalue weighted by Gasteiger charge is 2.45. The van der Waals surface area contributed by atoms with Crippen LogP contribution in [-0.4, -0.2) is 11.6 Å². The van der Waals surface area contributed by atoms with Crippen molar-refractivity contribution in [3.63, 3.8) is 0 Å². The van der Waals surface area contributed by atoms with Gasteiger partial charge in [-0.25, -0.2) is 0 Å². The normalized spacial score (nSPS) is 22.9. The third-order valence-electron chi connectivity index (χ3n) is 6.09. The van der Waals surface area contributed by atoms with E-state index in [0.717, 1.165) is 37.0 Å². The van der Waals surface area contributed by atoms with E-state index in [1.807, 2.05) is 6.92 Å². The highest BCUT2D eigenvalue weighted by molar-refractivity contribution is 5.73. The van der Waals surface area contributed by atoms with Gasteiger partial charge < -0.3 is 9.47 Å². The number of ether oxygens (including phenoxy) is 2. The number of aryl methyl sites for hydroxylation is 1. The Morgan fingerprint density at radius 3 is 2.74 bits per heavy atom. The Labute approximate surface area is 164 Å². The molecular formula is C24H34O3. The second-order valence-electron chi connectivity index (χ2n) is 8.68. The van der Waals surface area contributed by atoms with Crippen LogP contribution in [0.4, 0.5) is 0 Å². The van der Waals surface area contributed by atoms with Crippen molar-refractivity contribution in [2.24, 2.45) is 5.92 Å². The smallest absolute Gasteiger partial charge is 0.310 e. The number of benzene rings is 1. The summed E-state index contributed by atoms with van der Waals surface area (Å²) < 4.78 is 12.3. The number of rotatable bonds is 6. The number of hydrogen-bond acceptors (Lipinski definition) is 3. The van der Waals surface area contributed by atoms with Crippen molar-refractivity contribution >= 4 is 5.97 Å². The van der Waals surface area contributed by atoms with E-state index in [1.165, 1.54) is 24.0 Å². The molecule has 2 atom stereocenters. The SMILES string of the molecule is CCCCCc1cc(OC(=O)CC)c2c(c1)OC(C)(C)C1CCC(C)=CC21. The monoisotopic (exact) mass is 370 g/mol. The Morgan fingerprint density at radius 1 is 1.26 bits per heavy atom. The Balaban J connectivity index is 2.07. The maximum absolute atomic E-state index is 12.1. The van der Waals surface area contributed by atoms with E-state index < -0.39 is 0 Å². The molecule has 1 aliphatic heterocycles. The largest absolute Gasteiger partial charge is 0.487 e. The van der Waals surface area contributed by atoms with Crippen molar-refractivity contribution in [1.29, 1.82) is 0 Å². The fourth-order valence-corrected chi connectivity index (χ4v) is 4.56. The van der Waals surface area contributed by atoms with Crippen LogP contribution in [0.3, 0.4) is 0 Å². The van der Waals surface area contributed by atoms with Crippen LogP contribution in [0.15, 0.2) is 23.8 Å². The fourth-order valence-electron chi connectivity index (χ4n) is 4.56. The van der Waals surface area contributed by atoms with Gasteiger partial charge in [0.1, 0.15) is 17.1 Å². The quantitative estimate of drug-likeness (QED) is 0.253. The fraction of sp³-hybridized carbons (Fsp3) is 0.625. The molecular weight excluding hydrogens is 336 g/mol. The molecule has 1 heterocycles. The Morgan fingerprint density at radius 2 is 2.04 bits per heavy atom. The van der Waals surface area contributed by atoms with E-state index in [9.17, 15) is 4.79 Å². The van der Waals surface area contributed by atoms with Crippen molar-refractivity contribution in [3.05, 3.63) is 34.9 Å². The summed E-state index contributed by atoms with van der Waals surface area (Å²) in [5, 5.41) is 0. The van der Waals surface area contributed by atoms with Gasteiger partial charge in [-0.1, -0.05) is 38.3 Å². The second-order valence-corrected chi connectivity index (χ2v) is 8.68. The average Bonchev–Trinajstić information content (AvgIpc) is 2.60. The van der Waals surface area contributed by atoms with Gasteiger partial charge in [-0.05, 0) is 64.2 Å². The zero-order valence-corrected chi connectivity index (χ0v) is 17.6. The molecule has 1 aromatic carbocycles. The van der Waals surface area contributed by atoms with Crippen molar-refractivity contribution in [1.82, 2.24) is 0 Å². The molecule has 1 aromatic rings. The van der Waals surface area contributed by atoms with Gasteiger partial charge in [0, 0.05) is 23.8 Å². The molecule has 0 aromatic heterocycles. The predicted octanol–water partition coefficient (Wildman–Crippen LogP) is 6.35. The van der Waals surface area contributed by atoms with Crippen LogP contribution in [-0.2, 0) is 11.2 Å². The molecule has 0 amide bonds. The van der Waals surface area contributed by atoms with E-state index in [0.29, 0.717) is 18.1 Å². The van der Waals surface area contributed by atoms with Crippen LogP contribution in [0, 0.1) is 5.92 Å². The zero-order chi connectivity index (χ0) is 19.6. The molecule has 148 valence electrons. The molecule has 2 unspecified atom stereocenters. The number of unbranched alkanes of at least 4 members (excludes halogenated alkanes) is 2. The molecule has 0 fully saturated rings. The van der Waals surface area contributed by atoms with Crippen LogP contribution >= 0.6 is 0 Å². The number of esters is 1. The molecule has 0 radical (unpaired) electrons. The lowest BCUT2D eigenvalue weighted by Crippen LogP contribution is -2.45. The lowest BCUT2D eigenvalue weighted by Gasteiger charge is -2.46. The highest BCUT2D eigenvalue weighted by atomic mass is 16.5. The zero-order valence-electron chi connectivity index (χ0n) is 17.6. The van der Waals surface area contributed by atoms with Gasteiger partial charge in [0.2, 0.25) is 0 Å². The van der Waals surface area contributed by atoms with Gasteiger partial charge in [0.25, 0.3) is 0 Å². The third-order valence-corrected chi connectivity index (χ3v) is 6.09. The van der Waals surface area contributed by atoms with Crippen LogP contribution in [0.25, 0.3) is 0 Å². The van der Waals surface area contributed by atoms with Crippen molar-refractivity contribution < 1.29 is 14.3 Å². The van der Waals surface area contributed by atoms with E-state index in [4.69, 9.17) is 9.47 Å². The van der Waals surface area contributed by atoms with E-state index >= 15 is 0 Å². The summed E-state index contributed by atoms with van der Waals surface area (Å²) in [6.07, 6.45) is 9.51. The number of hydrogen-bond donors (Lipinski definition) is 0. The first-order valence-electron chi connectivity index (χ1n) is 10.6. The molecule has 3 heteroatoms. The van der Waals surface area contributed by atoms with Crippen LogP contribution in [0.1, 0.15) is 90.2 Å².